The summed E-state index contributed by atoms with van der Waals surface area (Å²) in [7, 11) is 0. The van der Waals surface area contributed by atoms with Crippen molar-refractivity contribution in [3.05, 3.63) is 41.1 Å². The molecule has 0 aliphatic rings. The van der Waals surface area contributed by atoms with E-state index in [4.69, 9.17) is 0 Å². The monoisotopic (exact) mass is 452 g/mol. The molecule has 2 nitrogen and oxygen atoms in total. The second-order valence-corrected chi connectivity index (χ2v) is 7.76. The van der Waals surface area contributed by atoms with Crippen molar-refractivity contribution in [2.45, 2.75) is 20.4 Å². The number of hydrogen-bond acceptors (Lipinski definition) is 3. The van der Waals surface area contributed by atoms with E-state index >= 15 is 0 Å². The highest BCUT2D eigenvalue weighted by molar-refractivity contribution is 9.11. The normalized spacial score (nSPS) is 10.7. The lowest BCUT2D eigenvalue weighted by atomic mass is 10.3. The molecule has 0 radical (unpaired) electrons. The zero-order chi connectivity index (χ0) is 13.3. The largest absolute Gasteiger partial charge is 0.377 e. The third-order valence-electron chi connectivity index (χ3n) is 2.50. The fourth-order valence-corrected chi connectivity index (χ4v) is 4.90. The fourth-order valence-electron chi connectivity index (χ4n) is 1.49. The number of nitrogens with zero attached hydrogens (tertiary/aromatic N) is 1. The summed E-state index contributed by atoms with van der Waals surface area (Å²) in [4.78, 5) is 5.80. The van der Waals surface area contributed by atoms with E-state index in [1.807, 2.05) is 19.1 Å². The Kier molecular flexibility index (Phi) is 4.86. The Balaban J connectivity index is 2.15. The van der Waals surface area contributed by atoms with Gasteiger partial charge in [0, 0.05) is 18.3 Å². The molecule has 0 saturated heterocycles. The highest BCUT2D eigenvalue weighted by atomic mass is 79.9. The predicted molar refractivity (Wildman–Crippen MR) is 88.5 cm³/mol. The number of nitrogens with one attached hydrogen (secondary N) is 1. The number of anilines is 1. The molecule has 0 amide bonds. The molecular weight excluding hydrogens is 444 g/mol. The van der Waals surface area contributed by atoms with E-state index in [1.54, 1.807) is 11.3 Å². The van der Waals surface area contributed by atoms with Crippen LogP contribution in [-0.4, -0.2) is 4.98 Å². The van der Waals surface area contributed by atoms with Crippen molar-refractivity contribution in [2.24, 2.45) is 0 Å². The van der Waals surface area contributed by atoms with Gasteiger partial charge in [-0.3, -0.25) is 0 Å². The summed E-state index contributed by atoms with van der Waals surface area (Å²) in [5.41, 5.74) is 2.16. The van der Waals surface area contributed by atoms with Crippen molar-refractivity contribution in [1.29, 1.82) is 0 Å². The first-order valence-corrected chi connectivity index (χ1v) is 8.48. The molecule has 0 aliphatic heterocycles. The summed E-state index contributed by atoms with van der Waals surface area (Å²) >= 11 is 12.3. The molecule has 1 aromatic heterocycles. The van der Waals surface area contributed by atoms with E-state index in [9.17, 15) is 0 Å². The third-order valence-corrected chi connectivity index (χ3v) is 5.28. The highest BCUT2D eigenvalue weighted by Gasteiger charge is 2.08. The van der Waals surface area contributed by atoms with E-state index in [-0.39, 0.29) is 0 Å². The average Bonchev–Trinajstić information content (AvgIpc) is 2.56. The molecule has 0 saturated carbocycles. The highest BCUT2D eigenvalue weighted by Crippen LogP contribution is 2.34. The van der Waals surface area contributed by atoms with Crippen molar-refractivity contribution in [3.63, 3.8) is 0 Å². The summed E-state index contributed by atoms with van der Waals surface area (Å²) in [5.74, 6) is 0. The van der Waals surface area contributed by atoms with E-state index in [0.29, 0.717) is 0 Å². The lowest BCUT2D eigenvalue weighted by molar-refractivity contribution is 1.07. The second-order valence-electron chi connectivity index (χ2n) is 3.85. The number of benzene rings is 1. The quantitative estimate of drug-likeness (QED) is 0.647. The van der Waals surface area contributed by atoms with Gasteiger partial charge in [0.05, 0.1) is 17.9 Å². The summed E-state index contributed by atoms with van der Waals surface area (Å²) in [6.07, 6.45) is 0. The molecule has 0 aliphatic carbocycles. The van der Waals surface area contributed by atoms with Crippen molar-refractivity contribution >= 4 is 64.8 Å². The zero-order valence-corrected chi connectivity index (χ0v) is 15.4. The Hall–Kier alpha value is 0.0900. The standard InChI is InChI=1S/C12H11Br3N2S/c1-6-7(2)18-11(17-6)5-16-12-9(14)3-8(13)4-10(12)15/h3-4,16H,5H2,1-2H3. The van der Waals surface area contributed by atoms with Crippen LogP contribution in [0.2, 0.25) is 0 Å². The molecule has 96 valence electrons. The van der Waals surface area contributed by atoms with Gasteiger partial charge in [0.1, 0.15) is 5.01 Å². The maximum absolute atomic E-state index is 4.52. The molecule has 0 fully saturated rings. The van der Waals surface area contributed by atoms with Gasteiger partial charge in [0.15, 0.2) is 0 Å². The molecule has 1 heterocycles. The van der Waals surface area contributed by atoms with Crippen LogP contribution >= 0.6 is 59.1 Å². The van der Waals surface area contributed by atoms with Crippen LogP contribution in [0.1, 0.15) is 15.6 Å². The minimum Gasteiger partial charge on any atom is -0.377 e. The van der Waals surface area contributed by atoms with Crippen LogP contribution in [0, 0.1) is 13.8 Å². The third kappa shape index (κ3) is 3.35. The smallest absolute Gasteiger partial charge is 0.112 e. The molecule has 0 atom stereocenters. The number of thiazole rings is 1. The van der Waals surface area contributed by atoms with E-state index in [1.165, 1.54) is 4.88 Å². The van der Waals surface area contributed by atoms with Crippen molar-refractivity contribution in [1.82, 2.24) is 4.98 Å². The summed E-state index contributed by atoms with van der Waals surface area (Å²) in [5, 5.41) is 4.50. The van der Waals surface area contributed by atoms with Crippen molar-refractivity contribution in [2.75, 3.05) is 5.32 Å². The van der Waals surface area contributed by atoms with Crippen molar-refractivity contribution in [3.8, 4) is 0 Å². The van der Waals surface area contributed by atoms with Crippen LogP contribution in [0.15, 0.2) is 25.6 Å². The first-order valence-electron chi connectivity index (χ1n) is 5.28. The van der Waals surface area contributed by atoms with E-state index < -0.39 is 0 Å². The van der Waals surface area contributed by atoms with Gasteiger partial charge in [0.2, 0.25) is 0 Å². The van der Waals surface area contributed by atoms with Crippen molar-refractivity contribution < 1.29 is 0 Å². The Morgan fingerprint density at radius 3 is 2.28 bits per heavy atom. The van der Waals surface area contributed by atoms with Crippen LogP contribution in [0.25, 0.3) is 0 Å². The summed E-state index contributed by atoms with van der Waals surface area (Å²) in [6.45, 7) is 4.88. The molecule has 0 unspecified atom stereocenters. The maximum Gasteiger partial charge on any atom is 0.112 e. The maximum atomic E-state index is 4.52. The van der Waals surface area contributed by atoms with Crippen LogP contribution in [0.4, 0.5) is 5.69 Å². The van der Waals surface area contributed by atoms with Gasteiger partial charge in [-0.15, -0.1) is 11.3 Å². The first-order chi connectivity index (χ1) is 8.47. The minimum absolute atomic E-state index is 0.734. The Bertz CT molecular complexity index is 538. The van der Waals surface area contributed by atoms with E-state index in [0.717, 1.165) is 36.4 Å². The number of hydrogen-bond donors (Lipinski definition) is 1. The lowest BCUT2D eigenvalue weighted by Gasteiger charge is -2.10. The van der Waals surface area contributed by atoms with Gasteiger partial charge in [-0.25, -0.2) is 4.98 Å². The van der Waals surface area contributed by atoms with Crippen LogP contribution in [-0.2, 0) is 6.54 Å². The van der Waals surface area contributed by atoms with Gasteiger partial charge in [-0.05, 0) is 57.8 Å². The number of aryl methyl sites for hydroxylation is 2. The van der Waals surface area contributed by atoms with Gasteiger partial charge in [0.25, 0.3) is 0 Å². The van der Waals surface area contributed by atoms with Gasteiger partial charge in [-0.2, -0.15) is 0 Å². The fraction of sp³-hybridized carbons (Fsp3) is 0.250. The van der Waals surface area contributed by atoms with Gasteiger partial charge in [-0.1, -0.05) is 15.9 Å². The molecule has 1 aromatic carbocycles. The Labute approximate surface area is 136 Å². The van der Waals surface area contributed by atoms with Crippen LogP contribution in [0.5, 0.6) is 0 Å². The molecule has 18 heavy (non-hydrogen) atoms. The second kappa shape index (κ2) is 6.03. The average molecular weight is 455 g/mol. The molecule has 2 aromatic rings. The SMILES string of the molecule is Cc1nc(CNc2c(Br)cc(Br)cc2Br)sc1C. The Morgan fingerprint density at radius 2 is 1.78 bits per heavy atom. The lowest BCUT2D eigenvalue weighted by Crippen LogP contribution is -2.00. The van der Waals surface area contributed by atoms with Crippen LogP contribution in [0.3, 0.4) is 0 Å². The topological polar surface area (TPSA) is 24.9 Å². The van der Waals surface area contributed by atoms with Crippen LogP contribution < -0.4 is 5.32 Å². The van der Waals surface area contributed by atoms with Gasteiger partial charge < -0.3 is 5.32 Å². The molecular formula is C12H11Br3N2S. The minimum atomic E-state index is 0.734. The summed E-state index contributed by atoms with van der Waals surface area (Å²) in [6, 6.07) is 4.04. The molecule has 0 bridgehead atoms. The molecule has 2 rings (SSSR count). The molecule has 0 spiro atoms. The number of halogens is 3. The zero-order valence-electron chi connectivity index (χ0n) is 9.85. The Morgan fingerprint density at radius 1 is 1.17 bits per heavy atom. The van der Waals surface area contributed by atoms with E-state index in [2.05, 4.69) is 65.0 Å². The number of rotatable bonds is 3. The molecule has 6 heteroatoms. The van der Waals surface area contributed by atoms with Gasteiger partial charge >= 0.3 is 0 Å². The number of aromatic nitrogens is 1. The summed E-state index contributed by atoms with van der Waals surface area (Å²) < 4.78 is 3.08. The molecule has 1 N–H and O–H groups in total. The predicted octanol–water partition coefficient (Wildman–Crippen LogP) is 5.66. The first kappa shape index (κ1) is 14.5.